The van der Waals surface area contributed by atoms with E-state index in [2.05, 4.69) is 21.0 Å². The minimum atomic E-state index is -1.44. The van der Waals surface area contributed by atoms with Crippen LogP contribution in [0.1, 0.15) is 29.3 Å². The van der Waals surface area contributed by atoms with E-state index in [-0.39, 0.29) is 5.91 Å². The highest BCUT2D eigenvalue weighted by atomic mass is 79.9. The van der Waals surface area contributed by atoms with Gasteiger partial charge in [0.1, 0.15) is 0 Å². The number of carbonyl (C=O) groups is 1. The molecular formula is C17H15BrN2O2. The highest BCUT2D eigenvalue weighted by Crippen LogP contribution is 2.36. The summed E-state index contributed by atoms with van der Waals surface area (Å²) in [6.07, 6.45) is 0.302. The zero-order chi connectivity index (χ0) is 15.7. The minimum absolute atomic E-state index is 0.302. The first-order valence-corrected chi connectivity index (χ1v) is 7.72. The number of nitrogens with zero attached hydrogens (tertiary/aromatic N) is 2. The second-order valence-corrected chi connectivity index (χ2v) is 6.24. The maximum absolute atomic E-state index is 12.8. The van der Waals surface area contributed by atoms with Crippen LogP contribution in [0.5, 0.6) is 0 Å². The standard InChI is InChI=1S/C17H15BrN2O2/c1-12-11-17(22,14-7-3-2-4-8-14)20(19-12)16(21)13-6-5-9-15(18)10-13/h2-10,22H,11H2,1H3. The molecule has 1 amide bonds. The maximum Gasteiger partial charge on any atom is 0.276 e. The third-order valence-electron chi connectivity index (χ3n) is 3.62. The Labute approximate surface area is 137 Å². The molecule has 1 unspecified atom stereocenters. The number of carbonyl (C=O) groups excluding carboxylic acids is 1. The van der Waals surface area contributed by atoms with Crippen molar-refractivity contribution in [2.45, 2.75) is 19.1 Å². The Morgan fingerprint density at radius 3 is 2.64 bits per heavy atom. The Morgan fingerprint density at radius 2 is 1.95 bits per heavy atom. The molecule has 4 nitrogen and oxygen atoms in total. The van der Waals surface area contributed by atoms with Crippen molar-refractivity contribution in [2.75, 3.05) is 0 Å². The van der Waals surface area contributed by atoms with Crippen LogP contribution >= 0.6 is 15.9 Å². The lowest BCUT2D eigenvalue weighted by atomic mass is 9.97. The number of hydrazone groups is 1. The van der Waals surface area contributed by atoms with E-state index in [0.717, 1.165) is 10.2 Å². The van der Waals surface area contributed by atoms with Gasteiger partial charge in [-0.15, -0.1) is 0 Å². The molecule has 1 atom stereocenters. The number of halogens is 1. The molecule has 22 heavy (non-hydrogen) atoms. The average Bonchev–Trinajstić information content (AvgIpc) is 2.83. The van der Waals surface area contributed by atoms with E-state index in [9.17, 15) is 9.90 Å². The molecule has 0 saturated carbocycles. The lowest BCUT2D eigenvalue weighted by Gasteiger charge is -2.31. The molecule has 1 heterocycles. The largest absolute Gasteiger partial charge is 0.365 e. The number of benzene rings is 2. The molecule has 0 spiro atoms. The number of aliphatic hydroxyl groups is 1. The van der Waals surface area contributed by atoms with Crippen molar-refractivity contribution in [2.24, 2.45) is 5.10 Å². The molecule has 0 saturated heterocycles. The van der Waals surface area contributed by atoms with E-state index in [4.69, 9.17) is 0 Å². The Balaban J connectivity index is 2.02. The van der Waals surface area contributed by atoms with Crippen LogP contribution in [-0.4, -0.2) is 21.7 Å². The average molecular weight is 359 g/mol. The van der Waals surface area contributed by atoms with Gasteiger partial charge in [0.05, 0.1) is 0 Å². The summed E-state index contributed by atoms with van der Waals surface area (Å²) in [5.41, 5.74) is 0.404. The fraction of sp³-hybridized carbons (Fsp3) is 0.176. The molecule has 1 aliphatic rings. The topological polar surface area (TPSA) is 52.9 Å². The van der Waals surface area contributed by atoms with Gasteiger partial charge in [0.25, 0.3) is 5.91 Å². The Kier molecular flexibility index (Phi) is 3.85. The molecule has 1 N–H and O–H groups in total. The minimum Gasteiger partial charge on any atom is -0.365 e. The summed E-state index contributed by atoms with van der Waals surface area (Å²) in [4.78, 5) is 12.8. The molecule has 112 valence electrons. The highest BCUT2D eigenvalue weighted by Gasteiger charge is 2.45. The van der Waals surface area contributed by atoms with Gasteiger partial charge in [0.2, 0.25) is 0 Å². The van der Waals surface area contributed by atoms with Gasteiger partial charge in [0.15, 0.2) is 5.72 Å². The number of amides is 1. The van der Waals surface area contributed by atoms with Crippen LogP contribution in [0.25, 0.3) is 0 Å². The molecule has 1 aliphatic heterocycles. The van der Waals surface area contributed by atoms with Crippen molar-refractivity contribution in [1.82, 2.24) is 5.01 Å². The molecular weight excluding hydrogens is 344 g/mol. The van der Waals surface area contributed by atoms with Crippen molar-refractivity contribution < 1.29 is 9.90 Å². The van der Waals surface area contributed by atoms with Gasteiger partial charge in [-0.2, -0.15) is 10.1 Å². The summed E-state index contributed by atoms with van der Waals surface area (Å²) in [6, 6.07) is 16.2. The summed E-state index contributed by atoms with van der Waals surface area (Å²) in [5, 5.41) is 16.5. The van der Waals surface area contributed by atoms with Crippen LogP contribution in [0.15, 0.2) is 64.2 Å². The normalized spacial score (nSPS) is 20.9. The van der Waals surface area contributed by atoms with Crippen molar-refractivity contribution >= 4 is 27.5 Å². The molecule has 0 bridgehead atoms. The van der Waals surface area contributed by atoms with Gasteiger partial charge in [-0.25, -0.2) is 0 Å². The maximum atomic E-state index is 12.8. The van der Waals surface area contributed by atoms with Crippen molar-refractivity contribution in [1.29, 1.82) is 0 Å². The van der Waals surface area contributed by atoms with Gasteiger partial charge >= 0.3 is 0 Å². The SMILES string of the molecule is CC1=NN(C(=O)c2cccc(Br)c2)C(O)(c2ccccc2)C1. The van der Waals surface area contributed by atoms with Crippen LogP contribution < -0.4 is 0 Å². The third kappa shape index (κ3) is 2.58. The number of hydrogen-bond acceptors (Lipinski definition) is 3. The number of hydrogen-bond donors (Lipinski definition) is 1. The van der Waals surface area contributed by atoms with E-state index >= 15 is 0 Å². The van der Waals surface area contributed by atoms with Crippen molar-refractivity contribution in [3.8, 4) is 0 Å². The van der Waals surface area contributed by atoms with E-state index in [1.54, 1.807) is 30.3 Å². The fourth-order valence-corrected chi connectivity index (χ4v) is 3.01. The molecule has 0 fully saturated rings. The van der Waals surface area contributed by atoms with Crippen LogP contribution in [0.2, 0.25) is 0 Å². The lowest BCUT2D eigenvalue weighted by molar-refractivity contribution is -0.0765. The fourth-order valence-electron chi connectivity index (χ4n) is 2.61. The van der Waals surface area contributed by atoms with Crippen LogP contribution in [0.3, 0.4) is 0 Å². The van der Waals surface area contributed by atoms with E-state index in [1.165, 1.54) is 5.01 Å². The van der Waals surface area contributed by atoms with Gasteiger partial charge in [0, 0.05) is 27.7 Å². The summed E-state index contributed by atoms with van der Waals surface area (Å²) in [6.45, 7) is 1.81. The molecule has 3 rings (SSSR count). The molecule has 2 aromatic carbocycles. The van der Waals surface area contributed by atoms with Crippen LogP contribution in [0.4, 0.5) is 0 Å². The van der Waals surface area contributed by atoms with E-state index in [0.29, 0.717) is 17.5 Å². The predicted octanol–water partition coefficient (Wildman–Crippen LogP) is 3.52. The zero-order valence-electron chi connectivity index (χ0n) is 12.0. The smallest absolute Gasteiger partial charge is 0.276 e. The second-order valence-electron chi connectivity index (χ2n) is 5.32. The highest BCUT2D eigenvalue weighted by molar-refractivity contribution is 9.10. The monoisotopic (exact) mass is 358 g/mol. The van der Waals surface area contributed by atoms with Crippen molar-refractivity contribution in [3.05, 3.63) is 70.2 Å². The van der Waals surface area contributed by atoms with Gasteiger partial charge in [-0.05, 0) is 25.1 Å². The lowest BCUT2D eigenvalue weighted by Crippen LogP contribution is -2.43. The zero-order valence-corrected chi connectivity index (χ0v) is 13.6. The van der Waals surface area contributed by atoms with E-state index < -0.39 is 5.72 Å². The third-order valence-corrected chi connectivity index (χ3v) is 4.12. The Bertz CT molecular complexity index is 745. The van der Waals surface area contributed by atoms with E-state index in [1.807, 2.05) is 31.2 Å². The Morgan fingerprint density at radius 1 is 1.23 bits per heavy atom. The number of rotatable bonds is 2. The quantitative estimate of drug-likeness (QED) is 0.892. The summed E-state index contributed by atoms with van der Waals surface area (Å²) in [5.74, 6) is -0.329. The summed E-state index contributed by atoms with van der Waals surface area (Å²) < 4.78 is 0.807. The first-order valence-electron chi connectivity index (χ1n) is 6.93. The van der Waals surface area contributed by atoms with Crippen LogP contribution in [0, 0.1) is 0 Å². The summed E-state index contributed by atoms with van der Waals surface area (Å²) in [7, 11) is 0. The van der Waals surface area contributed by atoms with Gasteiger partial charge in [-0.3, -0.25) is 4.79 Å². The predicted molar refractivity (Wildman–Crippen MR) is 88.4 cm³/mol. The van der Waals surface area contributed by atoms with Gasteiger partial charge in [-0.1, -0.05) is 52.3 Å². The Hall–Kier alpha value is -1.98. The van der Waals surface area contributed by atoms with Crippen molar-refractivity contribution in [3.63, 3.8) is 0 Å². The molecule has 0 aliphatic carbocycles. The molecule has 2 aromatic rings. The second kappa shape index (κ2) is 5.66. The van der Waals surface area contributed by atoms with Gasteiger partial charge < -0.3 is 5.11 Å². The molecule has 0 radical (unpaired) electrons. The van der Waals surface area contributed by atoms with Crippen LogP contribution in [-0.2, 0) is 5.72 Å². The molecule has 5 heteroatoms. The summed E-state index contributed by atoms with van der Waals surface area (Å²) >= 11 is 3.36. The molecule has 0 aromatic heterocycles. The first-order chi connectivity index (χ1) is 10.5. The first kappa shape index (κ1) is 14.9.